The molecule has 0 bridgehead atoms. The van der Waals surface area contributed by atoms with Gasteiger partial charge in [0.1, 0.15) is 0 Å². The van der Waals surface area contributed by atoms with Crippen LogP contribution in [0.5, 0.6) is 0 Å². The standard InChI is InChI=1S/C26H35N3O3/c1-4-24(30)26(2,3)29(25(31)32,21-27-17-11-12-18-27)28(19-22-13-7-5-8-14-22)20-23-15-9-6-10-16-23/h5-10,13-16H,4,11-12,17-21H2,1-3H3. The van der Waals surface area contributed by atoms with Gasteiger partial charge in [-0.1, -0.05) is 67.6 Å². The largest absolute Gasteiger partial charge is 0.497 e. The molecule has 3 rings (SSSR count). The number of carbonyl (C=O) groups excluding carboxylic acids is 2. The van der Waals surface area contributed by atoms with Gasteiger partial charge >= 0.3 is 0 Å². The Morgan fingerprint density at radius 1 is 0.938 bits per heavy atom. The monoisotopic (exact) mass is 437 g/mol. The van der Waals surface area contributed by atoms with Gasteiger partial charge in [0.2, 0.25) is 0 Å². The zero-order valence-electron chi connectivity index (χ0n) is 19.5. The van der Waals surface area contributed by atoms with E-state index < -0.39 is 16.2 Å². The number of benzene rings is 2. The van der Waals surface area contributed by atoms with Crippen LogP contribution in [0.25, 0.3) is 0 Å². The van der Waals surface area contributed by atoms with Crippen molar-refractivity contribution in [1.29, 1.82) is 0 Å². The Morgan fingerprint density at radius 2 is 1.41 bits per heavy atom. The van der Waals surface area contributed by atoms with Crippen LogP contribution in [-0.4, -0.2) is 51.7 Å². The zero-order valence-corrected chi connectivity index (χ0v) is 19.5. The molecule has 1 aliphatic rings. The molecule has 0 radical (unpaired) electrons. The molecule has 0 N–H and O–H groups in total. The Labute approximate surface area is 191 Å². The zero-order chi connectivity index (χ0) is 23.2. The van der Waals surface area contributed by atoms with E-state index in [0.717, 1.165) is 37.1 Å². The van der Waals surface area contributed by atoms with E-state index in [2.05, 4.69) is 4.90 Å². The van der Waals surface area contributed by atoms with Gasteiger partial charge in [-0.3, -0.25) is 9.69 Å². The van der Waals surface area contributed by atoms with Crippen molar-refractivity contribution in [3.63, 3.8) is 0 Å². The van der Waals surface area contributed by atoms with Gasteiger partial charge in [0.25, 0.3) is 6.09 Å². The first-order valence-electron chi connectivity index (χ1n) is 11.5. The van der Waals surface area contributed by atoms with Crippen LogP contribution < -0.4 is 5.11 Å². The van der Waals surface area contributed by atoms with Crippen molar-refractivity contribution in [2.24, 2.45) is 0 Å². The van der Waals surface area contributed by atoms with Crippen LogP contribution in [0.3, 0.4) is 0 Å². The average Bonchev–Trinajstić information content (AvgIpc) is 3.30. The van der Waals surface area contributed by atoms with E-state index in [0.29, 0.717) is 13.1 Å². The predicted octanol–water partition coefficient (Wildman–Crippen LogP) is 3.57. The Bertz CT molecular complexity index is 854. The molecular formula is C26H35N3O3. The van der Waals surface area contributed by atoms with E-state index in [4.69, 9.17) is 0 Å². The van der Waals surface area contributed by atoms with Crippen molar-refractivity contribution in [3.05, 3.63) is 71.8 Å². The second-order valence-electron chi connectivity index (χ2n) is 9.13. The first-order chi connectivity index (χ1) is 15.3. The van der Waals surface area contributed by atoms with E-state index in [1.54, 1.807) is 20.8 Å². The summed E-state index contributed by atoms with van der Waals surface area (Å²) in [4.78, 5) is 28.5. The fraction of sp³-hybridized carbons (Fsp3) is 0.462. The highest BCUT2D eigenvalue weighted by atomic mass is 16.4. The van der Waals surface area contributed by atoms with Crippen LogP contribution in [0.1, 0.15) is 51.2 Å². The van der Waals surface area contributed by atoms with Gasteiger partial charge in [0, 0.05) is 33.4 Å². The van der Waals surface area contributed by atoms with Crippen molar-refractivity contribution >= 4 is 11.9 Å². The molecule has 6 heteroatoms. The summed E-state index contributed by atoms with van der Waals surface area (Å²) in [5.74, 6) is -0.0907. The van der Waals surface area contributed by atoms with Gasteiger partial charge in [0.15, 0.2) is 18.0 Å². The van der Waals surface area contributed by atoms with E-state index in [-0.39, 0.29) is 18.9 Å². The maximum Gasteiger partial charge on any atom is 0.280 e. The highest BCUT2D eigenvalue weighted by Crippen LogP contribution is 2.34. The summed E-state index contributed by atoms with van der Waals surface area (Å²) in [7, 11) is 0. The number of rotatable bonds is 10. The number of hydrogen-bond acceptors (Lipinski definition) is 5. The second kappa shape index (κ2) is 10.4. The molecule has 1 fully saturated rings. The second-order valence-corrected chi connectivity index (χ2v) is 9.13. The smallest absolute Gasteiger partial charge is 0.280 e. The van der Waals surface area contributed by atoms with E-state index in [9.17, 15) is 14.7 Å². The Morgan fingerprint density at radius 3 is 1.81 bits per heavy atom. The third kappa shape index (κ3) is 4.93. The maximum atomic E-state index is 13.2. The number of nitrogens with zero attached hydrogens (tertiary/aromatic N) is 3. The van der Waals surface area contributed by atoms with Crippen LogP contribution in [-0.2, 0) is 17.9 Å². The molecule has 2 aromatic carbocycles. The SMILES string of the molecule is CCC(=O)C(C)(C)[N+](CN1CCCC1)(C(=O)[O-])N(Cc1ccccc1)Cc1ccccc1. The number of quaternary nitrogens is 1. The summed E-state index contributed by atoms with van der Waals surface area (Å²) in [6, 6.07) is 19.7. The van der Waals surface area contributed by atoms with Crippen LogP contribution in [0.15, 0.2) is 60.7 Å². The Hall–Kier alpha value is -2.54. The number of amides is 1. The molecule has 1 heterocycles. The van der Waals surface area contributed by atoms with Crippen molar-refractivity contribution in [3.8, 4) is 0 Å². The molecule has 32 heavy (non-hydrogen) atoms. The molecule has 172 valence electrons. The minimum atomic E-state index is -1.24. The Balaban J connectivity index is 2.15. The van der Waals surface area contributed by atoms with Gasteiger partial charge in [0.05, 0.1) is 13.1 Å². The lowest BCUT2D eigenvalue weighted by molar-refractivity contribution is -1.03. The van der Waals surface area contributed by atoms with Gasteiger partial charge < -0.3 is 9.90 Å². The summed E-state index contributed by atoms with van der Waals surface area (Å²) >= 11 is 0. The minimum absolute atomic E-state index is 0.0907. The minimum Gasteiger partial charge on any atom is -0.497 e. The molecule has 2 aromatic rings. The highest BCUT2D eigenvalue weighted by Gasteiger charge is 2.56. The average molecular weight is 438 g/mol. The van der Waals surface area contributed by atoms with Gasteiger partial charge in [-0.05, 0) is 24.0 Å². The van der Waals surface area contributed by atoms with E-state index in [1.165, 1.54) is 0 Å². The van der Waals surface area contributed by atoms with Crippen molar-refractivity contribution in [2.45, 2.75) is 58.7 Å². The first-order valence-corrected chi connectivity index (χ1v) is 11.5. The maximum absolute atomic E-state index is 13.2. The van der Waals surface area contributed by atoms with Crippen molar-refractivity contribution in [2.75, 3.05) is 19.8 Å². The number of likely N-dealkylation sites (tertiary alicyclic amines) is 1. The highest BCUT2D eigenvalue weighted by molar-refractivity contribution is 5.87. The van der Waals surface area contributed by atoms with Crippen molar-refractivity contribution < 1.29 is 19.3 Å². The van der Waals surface area contributed by atoms with Gasteiger partial charge in [-0.25, -0.2) is 0 Å². The van der Waals surface area contributed by atoms with Crippen LogP contribution in [0.2, 0.25) is 0 Å². The van der Waals surface area contributed by atoms with E-state index in [1.807, 2.05) is 65.7 Å². The number of carboxylic acid groups (broad SMARTS) is 1. The molecule has 1 unspecified atom stereocenters. The molecule has 1 aliphatic heterocycles. The Kier molecular flexibility index (Phi) is 7.82. The topological polar surface area (TPSA) is 63.7 Å². The lowest BCUT2D eigenvalue weighted by Crippen LogP contribution is -2.79. The molecule has 0 aliphatic carbocycles. The molecule has 1 saturated heterocycles. The van der Waals surface area contributed by atoms with Crippen LogP contribution >= 0.6 is 0 Å². The van der Waals surface area contributed by atoms with Gasteiger partial charge in [-0.2, -0.15) is 4.59 Å². The predicted molar refractivity (Wildman–Crippen MR) is 123 cm³/mol. The van der Waals surface area contributed by atoms with Crippen molar-refractivity contribution in [1.82, 2.24) is 9.91 Å². The third-order valence-electron chi connectivity index (χ3n) is 6.73. The van der Waals surface area contributed by atoms with Crippen LogP contribution in [0.4, 0.5) is 4.79 Å². The lowest BCUT2D eigenvalue weighted by atomic mass is 9.93. The summed E-state index contributed by atoms with van der Waals surface area (Å²) in [5, 5.41) is 15.0. The first kappa shape index (κ1) is 24.1. The summed E-state index contributed by atoms with van der Waals surface area (Å²) in [5.41, 5.74) is 0.793. The molecule has 0 aromatic heterocycles. The van der Waals surface area contributed by atoms with E-state index >= 15 is 0 Å². The number of hydrogen-bond donors (Lipinski definition) is 0. The third-order valence-corrected chi connectivity index (χ3v) is 6.73. The molecule has 6 nitrogen and oxygen atoms in total. The molecule has 1 amide bonds. The summed E-state index contributed by atoms with van der Waals surface area (Å²) in [6.07, 6.45) is 1.10. The quantitative estimate of drug-likeness (QED) is 0.420. The fourth-order valence-corrected chi connectivity index (χ4v) is 4.76. The molecular weight excluding hydrogens is 402 g/mol. The fourth-order valence-electron chi connectivity index (χ4n) is 4.76. The van der Waals surface area contributed by atoms with Crippen LogP contribution in [0, 0.1) is 0 Å². The number of Topliss-reactive ketones (excluding diaryl/α,β-unsaturated/α-hetero) is 1. The molecule has 0 spiro atoms. The summed E-state index contributed by atoms with van der Waals surface area (Å²) in [6.45, 7) is 7.95. The molecule has 0 saturated carbocycles. The summed E-state index contributed by atoms with van der Waals surface area (Å²) < 4.78 is -0.552. The number of carbonyl (C=O) groups is 2. The molecule has 1 atom stereocenters. The van der Waals surface area contributed by atoms with Gasteiger partial charge in [-0.15, -0.1) is 5.01 Å². The normalized spacial score (nSPS) is 16.8. The lowest BCUT2D eigenvalue weighted by Gasteiger charge is -2.54. The number of ketones is 1.